The summed E-state index contributed by atoms with van der Waals surface area (Å²) in [6.45, 7) is 3.92. The molecule has 2 aromatic heterocycles. The molecule has 0 saturated carbocycles. The summed E-state index contributed by atoms with van der Waals surface area (Å²) in [4.78, 5) is 46.4. The topological polar surface area (TPSA) is 134 Å². The van der Waals surface area contributed by atoms with Crippen LogP contribution in [0.1, 0.15) is 65.6 Å². The van der Waals surface area contributed by atoms with Crippen LogP contribution in [0.3, 0.4) is 0 Å². The quantitative estimate of drug-likeness (QED) is 0.322. The van der Waals surface area contributed by atoms with Crippen molar-refractivity contribution in [1.29, 1.82) is 0 Å². The molecule has 4 aliphatic rings. The number of pyridine rings is 2. The summed E-state index contributed by atoms with van der Waals surface area (Å²) < 4.78 is 21.8. The maximum absolute atomic E-state index is 15.1. The van der Waals surface area contributed by atoms with E-state index in [1.807, 2.05) is 11.9 Å². The number of cyclic esters (lactones) is 1. The van der Waals surface area contributed by atoms with E-state index in [-0.39, 0.29) is 48.0 Å². The Labute approximate surface area is 234 Å². The van der Waals surface area contributed by atoms with Crippen LogP contribution in [0.4, 0.5) is 4.39 Å². The summed E-state index contributed by atoms with van der Waals surface area (Å²) in [6.07, 6.45) is 0.807. The highest BCUT2D eigenvalue weighted by Crippen LogP contribution is 2.46. The van der Waals surface area contributed by atoms with Gasteiger partial charge in [0, 0.05) is 29.1 Å². The summed E-state index contributed by atoms with van der Waals surface area (Å²) in [5.74, 6) is -1.47. The number of likely N-dealkylation sites (tertiary alicyclic amines) is 1. The molecule has 1 aliphatic carbocycles. The lowest BCUT2D eigenvalue weighted by atomic mass is 9.81. The number of benzene rings is 1. The predicted molar refractivity (Wildman–Crippen MR) is 145 cm³/mol. The molecule has 5 heterocycles. The second-order valence-corrected chi connectivity index (χ2v) is 11.7. The van der Waals surface area contributed by atoms with E-state index in [1.165, 1.54) is 6.07 Å². The maximum Gasteiger partial charge on any atom is 0.343 e. The van der Waals surface area contributed by atoms with E-state index < -0.39 is 29.8 Å². The molecule has 1 saturated heterocycles. The van der Waals surface area contributed by atoms with Crippen molar-refractivity contribution in [3.63, 3.8) is 0 Å². The van der Waals surface area contributed by atoms with Crippen LogP contribution < -0.4 is 10.9 Å². The van der Waals surface area contributed by atoms with E-state index in [1.54, 1.807) is 24.5 Å². The minimum Gasteiger partial charge on any atom is -0.458 e. The van der Waals surface area contributed by atoms with Crippen LogP contribution in [0.15, 0.2) is 16.9 Å². The van der Waals surface area contributed by atoms with Crippen molar-refractivity contribution < 1.29 is 28.9 Å². The largest absolute Gasteiger partial charge is 0.458 e. The number of amides is 1. The van der Waals surface area contributed by atoms with Crippen LogP contribution in [0.25, 0.3) is 22.3 Å². The van der Waals surface area contributed by atoms with Crippen LogP contribution in [-0.2, 0) is 39.5 Å². The van der Waals surface area contributed by atoms with Crippen LogP contribution in [0.5, 0.6) is 0 Å². The summed E-state index contributed by atoms with van der Waals surface area (Å²) in [5.41, 5.74) is 2.25. The van der Waals surface area contributed by atoms with Crippen molar-refractivity contribution >= 4 is 22.8 Å². The Balaban J connectivity index is 1.44. The van der Waals surface area contributed by atoms with Crippen molar-refractivity contribution in [3.8, 4) is 11.4 Å². The third-order valence-electron chi connectivity index (χ3n) is 9.58. The number of ether oxygens (including phenoxy) is 1. The summed E-state index contributed by atoms with van der Waals surface area (Å²) in [6, 6.07) is 1.89. The minimum atomic E-state index is -1.96. The number of fused-ring (bicyclic) bond motifs is 5. The Morgan fingerprint density at radius 2 is 2.02 bits per heavy atom. The standard InChI is InChI=1S/C30H31FN4O6/c1-4-30(40)17-9-21-25-15(11-35(21)28(38)16(17)12-41-29(30)39)24-19(33-27(37)26-22(36)7-8-34(26)3)6-5-14-13(2)18(31)10-20(32-25)23(14)24/h9-10,19,22,26,36,40H,4-8,11-12H2,1-3H3,(H,33,37)/t19-,22?,26?,30-/m0/s1. The van der Waals surface area contributed by atoms with Gasteiger partial charge < -0.3 is 24.8 Å². The van der Waals surface area contributed by atoms with Crippen molar-refractivity contribution in [3.05, 3.63) is 61.7 Å². The van der Waals surface area contributed by atoms with Crippen molar-refractivity contribution in [2.75, 3.05) is 13.6 Å². The summed E-state index contributed by atoms with van der Waals surface area (Å²) >= 11 is 0. The number of hydrogen-bond acceptors (Lipinski definition) is 8. The number of nitrogens with zero attached hydrogens (tertiary/aromatic N) is 3. The normalized spacial score (nSPS) is 26.5. The van der Waals surface area contributed by atoms with Crippen LogP contribution in [-0.4, -0.2) is 62.3 Å². The van der Waals surface area contributed by atoms with E-state index in [4.69, 9.17) is 9.72 Å². The minimum absolute atomic E-state index is 0.0222. The summed E-state index contributed by atoms with van der Waals surface area (Å²) in [5, 5.41) is 25.6. The Hall–Kier alpha value is -3.67. The number of rotatable bonds is 3. The number of carbonyl (C=O) groups is 2. The van der Waals surface area contributed by atoms with Gasteiger partial charge in [-0.2, -0.15) is 0 Å². The first-order valence-corrected chi connectivity index (χ1v) is 14.1. The molecule has 7 rings (SSSR count). The zero-order chi connectivity index (χ0) is 29.0. The highest BCUT2D eigenvalue weighted by molar-refractivity contribution is 5.94. The van der Waals surface area contributed by atoms with Gasteiger partial charge in [-0.1, -0.05) is 6.92 Å². The molecule has 1 amide bonds. The van der Waals surface area contributed by atoms with E-state index in [0.717, 1.165) is 22.1 Å². The number of esters is 1. The third-order valence-corrected chi connectivity index (χ3v) is 9.58. The number of halogens is 1. The Bertz CT molecular complexity index is 1740. The lowest BCUT2D eigenvalue weighted by molar-refractivity contribution is -0.172. The van der Waals surface area contributed by atoms with E-state index >= 15 is 4.39 Å². The average Bonchev–Trinajstić information content (AvgIpc) is 3.49. The third kappa shape index (κ3) is 3.52. The zero-order valence-corrected chi connectivity index (χ0v) is 23.1. The number of aliphatic hydroxyl groups excluding tert-OH is 1. The molecule has 11 heteroatoms. The molecule has 2 unspecified atom stereocenters. The second-order valence-electron chi connectivity index (χ2n) is 11.7. The number of nitrogens with one attached hydrogen (secondary N) is 1. The Morgan fingerprint density at radius 1 is 1.24 bits per heavy atom. The molecule has 10 nitrogen and oxygen atoms in total. The van der Waals surface area contributed by atoms with Crippen LogP contribution in [0, 0.1) is 12.7 Å². The van der Waals surface area contributed by atoms with Gasteiger partial charge >= 0.3 is 5.97 Å². The second kappa shape index (κ2) is 8.91. The molecule has 3 aliphatic heterocycles. The molecule has 1 aromatic carbocycles. The van der Waals surface area contributed by atoms with E-state index in [2.05, 4.69) is 5.32 Å². The summed E-state index contributed by atoms with van der Waals surface area (Å²) in [7, 11) is 1.81. The van der Waals surface area contributed by atoms with Crippen molar-refractivity contribution in [1.82, 2.24) is 19.8 Å². The zero-order valence-electron chi connectivity index (χ0n) is 23.1. The molecule has 3 aromatic rings. The van der Waals surface area contributed by atoms with Gasteiger partial charge in [0.05, 0.1) is 41.2 Å². The lowest BCUT2D eigenvalue weighted by Crippen LogP contribution is -2.48. The van der Waals surface area contributed by atoms with Gasteiger partial charge in [-0.3, -0.25) is 14.5 Å². The fourth-order valence-electron chi connectivity index (χ4n) is 7.26. The Kier molecular flexibility index (Phi) is 5.70. The number of carbonyl (C=O) groups excluding carboxylic acids is 2. The number of aliphatic hydroxyl groups is 2. The highest BCUT2D eigenvalue weighted by Gasteiger charge is 2.46. The molecular formula is C30H31FN4O6. The molecule has 4 atom stereocenters. The molecule has 0 spiro atoms. The van der Waals surface area contributed by atoms with E-state index in [9.17, 15) is 24.6 Å². The molecule has 0 radical (unpaired) electrons. The van der Waals surface area contributed by atoms with Gasteiger partial charge in [-0.25, -0.2) is 14.2 Å². The lowest BCUT2D eigenvalue weighted by Gasteiger charge is -2.32. The molecule has 214 valence electrons. The fraction of sp³-hybridized carbons (Fsp3) is 0.467. The maximum atomic E-state index is 15.1. The van der Waals surface area contributed by atoms with Gasteiger partial charge in [-0.15, -0.1) is 0 Å². The first kappa shape index (κ1) is 26.2. The molecule has 41 heavy (non-hydrogen) atoms. The molecule has 3 N–H and O–H groups in total. The highest BCUT2D eigenvalue weighted by atomic mass is 19.1. The average molecular weight is 563 g/mol. The monoisotopic (exact) mass is 562 g/mol. The fourth-order valence-corrected chi connectivity index (χ4v) is 7.26. The van der Waals surface area contributed by atoms with Gasteiger partial charge in [0.1, 0.15) is 18.5 Å². The first-order chi connectivity index (χ1) is 19.5. The Morgan fingerprint density at radius 3 is 2.73 bits per heavy atom. The smallest absolute Gasteiger partial charge is 0.343 e. The van der Waals surface area contributed by atoms with Gasteiger partial charge in [0.25, 0.3) is 5.56 Å². The van der Waals surface area contributed by atoms with Crippen LogP contribution >= 0.6 is 0 Å². The first-order valence-electron chi connectivity index (χ1n) is 14.1. The van der Waals surface area contributed by atoms with Crippen molar-refractivity contribution in [2.24, 2.45) is 0 Å². The van der Waals surface area contributed by atoms with Crippen molar-refractivity contribution in [2.45, 2.75) is 76.5 Å². The number of hydrogen-bond donors (Lipinski definition) is 3. The van der Waals surface area contributed by atoms with Gasteiger partial charge in [0.15, 0.2) is 5.60 Å². The number of aryl methyl sites for hydroxylation is 1. The number of aromatic nitrogens is 2. The predicted octanol–water partition coefficient (Wildman–Crippen LogP) is 1.70. The number of likely N-dealkylation sites (N-methyl/N-ethyl adjacent to an activating group) is 1. The van der Waals surface area contributed by atoms with Crippen LogP contribution in [0.2, 0.25) is 0 Å². The molecular weight excluding hydrogens is 531 g/mol. The molecule has 0 bridgehead atoms. The van der Waals surface area contributed by atoms with E-state index in [0.29, 0.717) is 48.3 Å². The van der Waals surface area contributed by atoms with Gasteiger partial charge in [-0.05, 0) is 62.4 Å². The SMILES string of the molecule is CC[C@@]1(O)C(=O)OCc2c1cc1n(c2=O)Cc2c-1nc1cc(F)c(C)c3c1c2[C@@H](NC(=O)C1C(O)CCN1C)CC3. The molecule has 1 fully saturated rings. The van der Waals surface area contributed by atoms with Gasteiger partial charge in [0.2, 0.25) is 5.91 Å².